The van der Waals surface area contributed by atoms with Crippen LogP contribution in [0.3, 0.4) is 0 Å². The van der Waals surface area contributed by atoms with Crippen molar-refractivity contribution < 1.29 is 9.59 Å². The summed E-state index contributed by atoms with van der Waals surface area (Å²) in [5.41, 5.74) is 7.28. The van der Waals surface area contributed by atoms with Gasteiger partial charge in [0, 0.05) is 42.2 Å². The van der Waals surface area contributed by atoms with E-state index in [2.05, 4.69) is 21.6 Å². The number of nitrogens with zero attached hydrogens (tertiary/aromatic N) is 4. The van der Waals surface area contributed by atoms with Gasteiger partial charge in [-0.1, -0.05) is 23.7 Å². The second-order valence-corrected chi connectivity index (χ2v) is 9.29. The lowest BCUT2D eigenvalue weighted by Gasteiger charge is -2.44. The Bertz CT molecular complexity index is 980. The molecular formula is C22H29ClN6O2. The third-order valence-electron chi connectivity index (χ3n) is 6.57. The van der Waals surface area contributed by atoms with Gasteiger partial charge in [0.15, 0.2) is 0 Å². The zero-order valence-electron chi connectivity index (χ0n) is 18.0. The van der Waals surface area contributed by atoms with E-state index in [0.29, 0.717) is 19.6 Å². The number of hydrogen-bond acceptors (Lipinski definition) is 5. The molecule has 9 heteroatoms. The van der Waals surface area contributed by atoms with Gasteiger partial charge in [-0.2, -0.15) is 0 Å². The van der Waals surface area contributed by atoms with Gasteiger partial charge in [-0.3, -0.25) is 14.2 Å². The Balaban J connectivity index is 1.48. The van der Waals surface area contributed by atoms with Gasteiger partial charge in [-0.05, 0) is 57.2 Å². The third-order valence-corrected chi connectivity index (χ3v) is 6.81. The molecular weight excluding hydrogens is 416 g/mol. The molecule has 1 aromatic heterocycles. The first-order valence-corrected chi connectivity index (χ1v) is 11.2. The van der Waals surface area contributed by atoms with Crippen LogP contribution in [0.2, 0.25) is 5.02 Å². The van der Waals surface area contributed by atoms with Gasteiger partial charge >= 0.3 is 0 Å². The van der Waals surface area contributed by atoms with Crippen molar-refractivity contribution in [2.24, 2.45) is 5.73 Å². The lowest BCUT2D eigenvalue weighted by molar-refractivity contribution is 0.0520. The van der Waals surface area contributed by atoms with E-state index in [9.17, 15) is 9.59 Å². The molecule has 0 bridgehead atoms. The first-order chi connectivity index (χ1) is 14.8. The molecule has 166 valence electrons. The molecule has 0 saturated heterocycles. The van der Waals surface area contributed by atoms with Crippen LogP contribution in [0.25, 0.3) is 0 Å². The Hall–Kier alpha value is -2.45. The molecule has 2 amide bonds. The molecule has 0 atom stereocenters. The van der Waals surface area contributed by atoms with E-state index >= 15 is 0 Å². The summed E-state index contributed by atoms with van der Waals surface area (Å²) >= 11 is 6.22. The number of carbonyl (C=O) groups excluding carboxylic acids is 2. The molecule has 3 N–H and O–H groups in total. The maximum absolute atomic E-state index is 13.1. The number of halogens is 1. The van der Waals surface area contributed by atoms with Crippen molar-refractivity contribution in [3.05, 3.63) is 46.5 Å². The highest BCUT2D eigenvalue weighted by Crippen LogP contribution is 2.41. The fourth-order valence-electron chi connectivity index (χ4n) is 4.85. The van der Waals surface area contributed by atoms with E-state index in [1.165, 1.54) is 5.56 Å². The average molecular weight is 445 g/mol. The quantitative estimate of drug-likeness (QED) is 0.736. The molecule has 1 fully saturated rings. The van der Waals surface area contributed by atoms with Gasteiger partial charge in [0.25, 0.3) is 11.8 Å². The van der Waals surface area contributed by atoms with E-state index < -0.39 is 0 Å². The Morgan fingerprint density at radius 3 is 2.68 bits per heavy atom. The zero-order valence-corrected chi connectivity index (χ0v) is 18.7. The van der Waals surface area contributed by atoms with Crippen LogP contribution in [0.1, 0.15) is 66.3 Å². The second kappa shape index (κ2) is 8.59. The topological polar surface area (TPSA) is 106 Å². The van der Waals surface area contributed by atoms with Crippen LogP contribution in [0.15, 0.2) is 24.3 Å². The van der Waals surface area contributed by atoms with Crippen LogP contribution in [0.5, 0.6) is 0 Å². The minimum absolute atomic E-state index is 0.0132. The summed E-state index contributed by atoms with van der Waals surface area (Å²) in [7, 11) is 0. The summed E-state index contributed by atoms with van der Waals surface area (Å²) < 4.78 is 1.63. The Morgan fingerprint density at radius 2 is 2.03 bits per heavy atom. The fraction of sp³-hybridized carbons (Fsp3) is 0.545. The number of fused-ring (bicyclic) bond motifs is 1. The molecule has 4 rings (SSSR count). The minimum Gasteiger partial charge on any atom is -0.347 e. The predicted octanol–water partition coefficient (Wildman–Crippen LogP) is 2.36. The molecule has 1 saturated carbocycles. The van der Waals surface area contributed by atoms with Gasteiger partial charge in [0.2, 0.25) is 11.6 Å². The van der Waals surface area contributed by atoms with Gasteiger partial charge in [-0.25, -0.2) is 0 Å². The highest BCUT2D eigenvalue weighted by molar-refractivity contribution is 6.30. The second-order valence-electron chi connectivity index (χ2n) is 8.85. The monoisotopic (exact) mass is 444 g/mol. The molecule has 31 heavy (non-hydrogen) atoms. The number of aromatic nitrogens is 3. The summed E-state index contributed by atoms with van der Waals surface area (Å²) in [6.45, 7) is 5.37. The molecule has 1 aliphatic heterocycles. The van der Waals surface area contributed by atoms with Gasteiger partial charge < -0.3 is 16.0 Å². The van der Waals surface area contributed by atoms with Crippen molar-refractivity contribution in [2.45, 2.75) is 63.6 Å². The van der Waals surface area contributed by atoms with Crippen molar-refractivity contribution >= 4 is 23.4 Å². The summed E-state index contributed by atoms with van der Waals surface area (Å²) in [4.78, 5) is 27.4. The van der Waals surface area contributed by atoms with E-state index in [0.717, 1.165) is 30.7 Å². The fourth-order valence-corrected chi connectivity index (χ4v) is 5.04. The number of amides is 2. The maximum atomic E-state index is 13.1. The smallest absolute Gasteiger partial charge is 0.292 e. The van der Waals surface area contributed by atoms with Crippen molar-refractivity contribution in [1.29, 1.82) is 0 Å². The first-order valence-electron chi connectivity index (χ1n) is 10.9. The molecule has 2 aromatic rings. The molecule has 0 radical (unpaired) electrons. The van der Waals surface area contributed by atoms with Crippen LogP contribution >= 0.6 is 11.6 Å². The SMILES string of the molecule is CC(C)NC(=O)c1nnc2n1CCN([C@H]1CC[C@](CN)(c3cccc(Cl)c3)CC1)C2=O. The van der Waals surface area contributed by atoms with Crippen LogP contribution in [0.4, 0.5) is 0 Å². The van der Waals surface area contributed by atoms with Crippen LogP contribution in [-0.2, 0) is 12.0 Å². The normalized spacial score (nSPS) is 23.7. The van der Waals surface area contributed by atoms with Crippen molar-refractivity contribution in [2.75, 3.05) is 13.1 Å². The number of hydrogen-bond donors (Lipinski definition) is 2. The Labute approximate surface area is 187 Å². The largest absolute Gasteiger partial charge is 0.347 e. The van der Waals surface area contributed by atoms with E-state index in [1.54, 1.807) is 4.57 Å². The van der Waals surface area contributed by atoms with Gasteiger partial charge in [0.1, 0.15) is 0 Å². The lowest BCUT2D eigenvalue weighted by atomic mass is 9.68. The van der Waals surface area contributed by atoms with Crippen molar-refractivity contribution in [1.82, 2.24) is 25.0 Å². The predicted molar refractivity (Wildman–Crippen MR) is 118 cm³/mol. The van der Waals surface area contributed by atoms with Gasteiger partial charge in [0.05, 0.1) is 0 Å². The lowest BCUT2D eigenvalue weighted by Crippen LogP contribution is -2.51. The summed E-state index contributed by atoms with van der Waals surface area (Å²) in [5, 5.41) is 11.6. The highest BCUT2D eigenvalue weighted by atomic mass is 35.5. The molecule has 1 aromatic carbocycles. The number of rotatable bonds is 5. The molecule has 1 aliphatic carbocycles. The van der Waals surface area contributed by atoms with Crippen molar-refractivity contribution in [3.8, 4) is 0 Å². The van der Waals surface area contributed by atoms with Crippen molar-refractivity contribution in [3.63, 3.8) is 0 Å². The number of nitrogens with two attached hydrogens (primary N) is 1. The van der Waals surface area contributed by atoms with Crippen LogP contribution in [-0.4, -0.2) is 56.7 Å². The Morgan fingerprint density at radius 1 is 1.29 bits per heavy atom. The molecule has 0 spiro atoms. The third kappa shape index (κ3) is 4.06. The van der Waals surface area contributed by atoms with Crippen LogP contribution in [0, 0.1) is 0 Å². The van der Waals surface area contributed by atoms with E-state index in [-0.39, 0.29) is 41.0 Å². The summed E-state index contributed by atoms with van der Waals surface area (Å²) in [5.74, 6) is -0.0219. The number of nitrogens with one attached hydrogen (secondary N) is 1. The Kier molecular flexibility index (Phi) is 6.03. The van der Waals surface area contributed by atoms with E-state index in [4.69, 9.17) is 17.3 Å². The standard InChI is InChI=1S/C22H29ClN6O2/c1-14(2)25-20(30)18-26-27-19-21(31)28(10-11-29(18)19)17-6-8-22(13-24,9-7-17)15-4-3-5-16(23)12-15/h3-5,12,14,17H,6-11,13,24H2,1-2H3,(H,25,30)/t17-,22-. The zero-order chi connectivity index (χ0) is 22.2. The summed E-state index contributed by atoms with van der Waals surface area (Å²) in [6.07, 6.45) is 3.52. The molecule has 0 unspecified atom stereocenters. The molecule has 2 aliphatic rings. The minimum atomic E-state index is -0.304. The molecule has 8 nitrogen and oxygen atoms in total. The van der Waals surface area contributed by atoms with Crippen LogP contribution < -0.4 is 11.1 Å². The number of carbonyl (C=O) groups is 2. The van der Waals surface area contributed by atoms with E-state index in [1.807, 2.05) is 36.9 Å². The average Bonchev–Trinajstić information content (AvgIpc) is 3.19. The van der Waals surface area contributed by atoms with Gasteiger partial charge in [-0.15, -0.1) is 10.2 Å². The highest BCUT2D eigenvalue weighted by Gasteiger charge is 2.41. The maximum Gasteiger partial charge on any atom is 0.292 e. The summed E-state index contributed by atoms with van der Waals surface area (Å²) in [6, 6.07) is 8.06. The first kappa shape index (κ1) is 21.8. The molecule has 2 heterocycles. The number of benzene rings is 1.